The van der Waals surface area contributed by atoms with Crippen LogP contribution >= 0.6 is 15.9 Å². The summed E-state index contributed by atoms with van der Waals surface area (Å²) < 4.78 is 58.8. The molecule has 148 valence electrons. The van der Waals surface area contributed by atoms with Crippen LogP contribution in [0, 0.1) is 0 Å². The zero-order valence-electron chi connectivity index (χ0n) is 13.1. The topological polar surface area (TPSA) is 127 Å². The van der Waals surface area contributed by atoms with Gasteiger partial charge in [0, 0.05) is 18.5 Å². The van der Waals surface area contributed by atoms with E-state index in [0.717, 1.165) is 0 Å². The molecule has 0 fully saturated rings. The number of halogens is 6. The summed E-state index contributed by atoms with van der Waals surface area (Å²) in [5.74, 6) is -2.61. The highest BCUT2D eigenvalue weighted by Crippen LogP contribution is 2.15. The molecule has 4 N–H and O–H groups in total. The van der Waals surface area contributed by atoms with E-state index in [1.165, 1.54) is 10.8 Å². The predicted octanol–water partition coefficient (Wildman–Crippen LogP) is 2.00. The fourth-order valence-electron chi connectivity index (χ4n) is 1.62. The Kier molecular flexibility index (Phi) is 7.78. The summed E-state index contributed by atoms with van der Waals surface area (Å²) in [5.41, 5.74) is 4.89. The Morgan fingerprint density at radius 2 is 1.93 bits per heavy atom. The maximum Gasteiger partial charge on any atom is 0.490 e. The molecule has 0 saturated heterocycles. The van der Waals surface area contributed by atoms with Gasteiger partial charge in [-0.05, 0) is 28.1 Å². The molecule has 2 aromatic rings. The van der Waals surface area contributed by atoms with E-state index in [4.69, 9.17) is 15.6 Å². The molecule has 0 spiro atoms. The lowest BCUT2D eigenvalue weighted by atomic mass is 10.2. The number of rotatable bonds is 4. The van der Waals surface area contributed by atoms with Crippen LogP contribution in [0.3, 0.4) is 0 Å². The molecule has 0 aliphatic carbocycles. The van der Waals surface area contributed by atoms with Crippen molar-refractivity contribution in [3.8, 4) is 5.69 Å². The second kappa shape index (κ2) is 9.36. The van der Waals surface area contributed by atoms with E-state index in [2.05, 4.69) is 31.1 Å². The minimum atomic E-state index is -5.08. The van der Waals surface area contributed by atoms with Crippen molar-refractivity contribution < 1.29 is 31.9 Å². The smallest absolute Gasteiger partial charge is 0.475 e. The average Bonchev–Trinajstić information content (AvgIpc) is 2.93. The minimum Gasteiger partial charge on any atom is -0.475 e. The number of carbonyl (C=O) groups is 1. The molecule has 0 radical (unpaired) electrons. The normalized spacial score (nSPS) is 10.8. The summed E-state index contributed by atoms with van der Waals surface area (Å²) in [6, 6.07) is 3.25. The van der Waals surface area contributed by atoms with Gasteiger partial charge in [0.05, 0.1) is 11.9 Å². The van der Waals surface area contributed by atoms with Crippen LogP contribution in [-0.4, -0.2) is 43.5 Å². The van der Waals surface area contributed by atoms with E-state index in [9.17, 15) is 26.7 Å². The number of hydrogen-bond donors (Lipinski definition) is 3. The highest BCUT2D eigenvalue weighted by atomic mass is 79.9. The highest BCUT2D eigenvalue weighted by molar-refractivity contribution is 9.10. The molecular weight excluding hydrogens is 449 g/mol. The number of H-pyrrole nitrogens is 1. The Hall–Kier alpha value is -2.61. The summed E-state index contributed by atoms with van der Waals surface area (Å²) in [6.07, 6.45) is -5.72. The first-order valence-electron chi connectivity index (χ1n) is 6.78. The third-order valence-corrected chi connectivity index (χ3v) is 3.31. The fourth-order valence-corrected chi connectivity index (χ4v) is 1.86. The molecule has 2 rings (SSSR count). The number of aromatic nitrogens is 4. The van der Waals surface area contributed by atoms with Crippen LogP contribution in [0.4, 0.5) is 22.0 Å². The zero-order valence-corrected chi connectivity index (χ0v) is 14.7. The first-order valence-corrected chi connectivity index (χ1v) is 7.58. The zero-order chi connectivity index (χ0) is 20.8. The van der Waals surface area contributed by atoms with Crippen molar-refractivity contribution in [2.45, 2.75) is 12.6 Å². The standard InChI is InChI=1S/C11H10BrF2N5O.C2HF3O2/c12-8-2-1-7(5-16-8)19-9(17-18-11(19)20)3-6(4-15)10(13)14;3-2(4,5)1(6)7/h1-2,5H,3-4,15H2,(H,18,20);(H,6,7). The molecular formula is C13H11BrF5N5O3. The van der Waals surface area contributed by atoms with Gasteiger partial charge in [-0.1, -0.05) is 0 Å². The van der Waals surface area contributed by atoms with Crippen molar-refractivity contribution in [3.63, 3.8) is 0 Å². The first kappa shape index (κ1) is 22.4. The van der Waals surface area contributed by atoms with Crippen molar-refractivity contribution >= 4 is 21.9 Å². The Morgan fingerprint density at radius 1 is 1.33 bits per heavy atom. The Balaban J connectivity index is 0.000000445. The molecule has 14 heteroatoms. The van der Waals surface area contributed by atoms with Gasteiger partial charge in [-0.15, -0.1) is 0 Å². The molecule has 2 heterocycles. The van der Waals surface area contributed by atoms with Crippen molar-refractivity contribution in [1.29, 1.82) is 0 Å². The molecule has 0 aliphatic heterocycles. The highest BCUT2D eigenvalue weighted by Gasteiger charge is 2.38. The van der Waals surface area contributed by atoms with E-state index in [1.54, 1.807) is 12.1 Å². The van der Waals surface area contributed by atoms with Crippen LogP contribution in [0.25, 0.3) is 5.69 Å². The SMILES string of the molecule is NCC(Cc1n[nH]c(=O)n1-c1ccc(Br)nc1)=C(F)F.O=C(O)C(F)(F)F. The lowest BCUT2D eigenvalue weighted by Crippen LogP contribution is -2.21. The summed E-state index contributed by atoms with van der Waals surface area (Å²) in [7, 11) is 0. The van der Waals surface area contributed by atoms with Crippen molar-refractivity contribution in [3.05, 3.63) is 50.9 Å². The Labute approximate surface area is 155 Å². The number of aliphatic carboxylic acids is 1. The average molecular weight is 460 g/mol. The number of alkyl halides is 3. The van der Waals surface area contributed by atoms with Gasteiger partial charge in [0.2, 0.25) is 0 Å². The molecule has 0 amide bonds. The molecule has 0 saturated carbocycles. The molecule has 0 bridgehead atoms. The lowest BCUT2D eigenvalue weighted by molar-refractivity contribution is -0.192. The molecule has 8 nitrogen and oxygen atoms in total. The Morgan fingerprint density at radius 3 is 2.33 bits per heavy atom. The third-order valence-electron chi connectivity index (χ3n) is 2.84. The number of pyridine rings is 1. The fraction of sp³-hybridized carbons (Fsp3) is 0.231. The molecule has 0 unspecified atom stereocenters. The van der Waals surface area contributed by atoms with Gasteiger partial charge in [0.15, 0.2) is 0 Å². The molecule has 27 heavy (non-hydrogen) atoms. The van der Waals surface area contributed by atoms with Gasteiger partial charge < -0.3 is 10.8 Å². The van der Waals surface area contributed by atoms with E-state index in [1.807, 2.05) is 0 Å². The number of nitrogens with zero attached hydrogens (tertiary/aromatic N) is 3. The maximum atomic E-state index is 12.6. The first-order chi connectivity index (χ1) is 12.5. The van der Waals surface area contributed by atoms with E-state index in [-0.39, 0.29) is 24.4 Å². The minimum absolute atomic E-state index is 0.146. The Bertz CT molecular complexity index is 872. The summed E-state index contributed by atoms with van der Waals surface area (Å²) in [4.78, 5) is 24.6. The van der Waals surface area contributed by atoms with Crippen molar-refractivity contribution in [2.75, 3.05) is 6.54 Å². The number of carboxylic acid groups (broad SMARTS) is 1. The van der Waals surface area contributed by atoms with E-state index < -0.39 is 23.9 Å². The van der Waals surface area contributed by atoms with Crippen molar-refractivity contribution in [2.24, 2.45) is 5.73 Å². The molecule has 2 aromatic heterocycles. The van der Waals surface area contributed by atoms with Gasteiger partial charge in [0.1, 0.15) is 10.4 Å². The van der Waals surface area contributed by atoms with Crippen LogP contribution in [0.2, 0.25) is 0 Å². The third kappa shape index (κ3) is 6.56. The molecule has 0 aliphatic rings. The second-order valence-electron chi connectivity index (χ2n) is 4.67. The molecule has 0 atom stereocenters. The number of hydrogen-bond acceptors (Lipinski definition) is 5. The van der Waals surface area contributed by atoms with Gasteiger partial charge in [-0.3, -0.25) is 0 Å². The quantitative estimate of drug-likeness (QED) is 0.474. The summed E-state index contributed by atoms with van der Waals surface area (Å²) in [5, 5.41) is 13.1. The maximum absolute atomic E-state index is 12.6. The summed E-state index contributed by atoms with van der Waals surface area (Å²) in [6.45, 7) is -0.304. The predicted molar refractivity (Wildman–Crippen MR) is 85.4 cm³/mol. The van der Waals surface area contributed by atoms with E-state index >= 15 is 0 Å². The number of nitrogens with one attached hydrogen (secondary N) is 1. The largest absolute Gasteiger partial charge is 0.490 e. The van der Waals surface area contributed by atoms with Crippen LogP contribution in [0.1, 0.15) is 5.82 Å². The number of aromatic amines is 1. The second-order valence-corrected chi connectivity index (χ2v) is 5.48. The number of carboxylic acids is 1. The summed E-state index contributed by atoms with van der Waals surface area (Å²) >= 11 is 3.17. The number of nitrogens with two attached hydrogens (primary N) is 1. The monoisotopic (exact) mass is 459 g/mol. The van der Waals surface area contributed by atoms with Crippen LogP contribution in [-0.2, 0) is 11.2 Å². The van der Waals surface area contributed by atoms with Gasteiger partial charge in [-0.25, -0.2) is 24.2 Å². The van der Waals surface area contributed by atoms with E-state index in [0.29, 0.717) is 10.3 Å². The van der Waals surface area contributed by atoms with Gasteiger partial charge in [-0.2, -0.15) is 27.1 Å². The van der Waals surface area contributed by atoms with Gasteiger partial charge >= 0.3 is 17.8 Å². The van der Waals surface area contributed by atoms with Crippen LogP contribution < -0.4 is 11.4 Å². The van der Waals surface area contributed by atoms with Gasteiger partial charge in [0.25, 0.3) is 6.08 Å². The van der Waals surface area contributed by atoms with Crippen LogP contribution in [0.5, 0.6) is 0 Å². The lowest BCUT2D eigenvalue weighted by Gasteiger charge is -2.06. The molecule has 0 aromatic carbocycles. The van der Waals surface area contributed by atoms with Crippen LogP contribution in [0.15, 0.2) is 39.4 Å². The van der Waals surface area contributed by atoms with Crippen molar-refractivity contribution in [1.82, 2.24) is 19.7 Å².